The Labute approximate surface area is 143 Å². The molecule has 3 aromatic carbocycles. The van der Waals surface area contributed by atoms with Crippen LogP contribution in [0.3, 0.4) is 0 Å². The van der Waals surface area contributed by atoms with E-state index in [-0.39, 0.29) is 12.2 Å². The number of para-hydroxylation sites is 1. The molecule has 0 saturated carbocycles. The Morgan fingerprint density at radius 1 is 0.840 bits per heavy atom. The zero-order valence-electron chi connectivity index (χ0n) is 13.1. The van der Waals surface area contributed by atoms with E-state index in [0.29, 0.717) is 11.3 Å². The van der Waals surface area contributed by atoms with E-state index in [9.17, 15) is 13.6 Å². The van der Waals surface area contributed by atoms with Crippen LogP contribution in [0.15, 0.2) is 66.7 Å². The van der Waals surface area contributed by atoms with Crippen LogP contribution >= 0.6 is 0 Å². The first-order valence-electron chi connectivity index (χ1n) is 7.55. The molecule has 1 N–H and O–H groups in total. The van der Waals surface area contributed by atoms with Crippen molar-refractivity contribution in [3.05, 3.63) is 89.5 Å². The lowest BCUT2D eigenvalue weighted by Gasteiger charge is -2.13. The Morgan fingerprint density at radius 3 is 2.24 bits per heavy atom. The second-order valence-electron chi connectivity index (χ2n) is 5.36. The predicted molar refractivity (Wildman–Crippen MR) is 89.5 cm³/mol. The molecule has 0 aliphatic carbocycles. The van der Waals surface area contributed by atoms with Gasteiger partial charge in [-0.05, 0) is 17.7 Å². The molecule has 0 unspecified atom stereocenters. The van der Waals surface area contributed by atoms with Gasteiger partial charge in [0.05, 0.1) is 5.56 Å². The van der Waals surface area contributed by atoms with E-state index >= 15 is 0 Å². The number of halogens is 2. The molecule has 0 heterocycles. The molecule has 0 aliphatic heterocycles. The molecule has 0 bridgehead atoms. The van der Waals surface area contributed by atoms with Gasteiger partial charge in [0.15, 0.2) is 11.6 Å². The number of aromatic carboxylic acids is 1. The number of carboxylic acid groups (broad SMARTS) is 1. The van der Waals surface area contributed by atoms with Gasteiger partial charge >= 0.3 is 5.97 Å². The molecule has 0 aromatic heterocycles. The number of ether oxygens (including phenoxy) is 1. The van der Waals surface area contributed by atoms with Crippen molar-refractivity contribution >= 4 is 5.97 Å². The van der Waals surface area contributed by atoms with E-state index in [0.717, 1.165) is 11.6 Å². The third kappa shape index (κ3) is 3.50. The fourth-order valence-corrected chi connectivity index (χ4v) is 2.47. The van der Waals surface area contributed by atoms with E-state index in [1.54, 1.807) is 24.3 Å². The van der Waals surface area contributed by atoms with Gasteiger partial charge in [-0.15, -0.1) is 0 Å². The molecule has 0 aliphatic rings. The summed E-state index contributed by atoms with van der Waals surface area (Å²) < 4.78 is 34.1. The third-order valence-electron chi connectivity index (χ3n) is 3.73. The van der Waals surface area contributed by atoms with Crippen LogP contribution in [0, 0.1) is 11.6 Å². The quantitative estimate of drug-likeness (QED) is 0.718. The molecule has 5 heteroatoms. The second kappa shape index (κ2) is 7.13. The predicted octanol–water partition coefficient (Wildman–Crippen LogP) is 4.91. The van der Waals surface area contributed by atoms with Crippen molar-refractivity contribution < 1.29 is 23.4 Å². The summed E-state index contributed by atoms with van der Waals surface area (Å²) >= 11 is 0. The van der Waals surface area contributed by atoms with Crippen LogP contribution < -0.4 is 4.74 Å². The largest absolute Gasteiger partial charge is 0.488 e. The lowest BCUT2D eigenvalue weighted by atomic mass is 10.0. The maximum absolute atomic E-state index is 14.4. The molecule has 0 saturated heterocycles. The molecule has 0 spiro atoms. The minimum Gasteiger partial charge on any atom is -0.488 e. The summed E-state index contributed by atoms with van der Waals surface area (Å²) in [5.41, 5.74) is 0.534. The SMILES string of the molecule is O=C(O)c1ccc(-c2ccccc2OCc2ccccc2)c(F)c1F. The van der Waals surface area contributed by atoms with Gasteiger partial charge in [0.2, 0.25) is 0 Å². The molecule has 0 amide bonds. The van der Waals surface area contributed by atoms with Gasteiger partial charge in [0.1, 0.15) is 12.4 Å². The summed E-state index contributed by atoms with van der Waals surface area (Å²) in [6.45, 7) is 0.273. The van der Waals surface area contributed by atoms with E-state index in [2.05, 4.69) is 0 Å². The summed E-state index contributed by atoms with van der Waals surface area (Å²) in [5.74, 6) is -3.73. The zero-order chi connectivity index (χ0) is 17.8. The number of hydrogen-bond donors (Lipinski definition) is 1. The number of carboxylic acids is 1. The van der Waals surface area contributed by atoms with E-state index in [1.807, 2.05) is 30.3 Å². The lowest BCUT2D eigenvalue weighted by molar-refractivity contribution is 0.0690. The highest BCUT2D eigenvalue weighted by molar-refractivity contribution is 5.89. The molecule has 0 atom stereocenters. The number of hydrogen-bond acceptors (Lipinski definition) is 2. The average Bonchev–Trinajstić information content (AvgIpc) is 2.63. The van der Waals surface area contributed by atoms with Gasteiger partial charge in [-0.2, -0.15) is 0 Å². The molecular weight excluding hydrogens is 326 g/mol. The highest BCUT2D eigenvalue weighted by Gasteiger charge is 2.20. The number of benzene rings is 3. The second-order valence-corrected chi connectivity index (χ2v) is 5.36. The van der Waals surface area contributed by atoms with Gasteiger partial charge in [0, 0.05) is 11.1 Å². The number of rotatable bonds is 5. The molecule has 25 heavy (non-hydrogen) atoms. The molecule has 126 valence electrons. The first kappa shape index (κ1) is 16.6. The van der Waals surface area contributed by atoms with Crippen LogP contribution in [0.1, 0.15) is 15.9 Å². The molecule has 3 aromatic rings. The summed E-state index contributed by atoms with van der Waals surface area (Å²) in [5, 5.41) is 8.89. The fraction of sp³-hybridized carbons (Fsp3) is 0.0500. The van der Waals surface area contributed by atoms with Gasteiger partial charge in [-0.1, -0.05) is 54.6 Å². The van der Waals surface area contributed by atoms with Crippen LogP contribution in [0.25, 0.3) is 11.1 Å². The Kier molecular flexibility index (Phi) is 4.75. The average molecular weight is 340 g/mol. The van der Waals surface area contributed by atoms with Crippen molar-refractivity contribution in [2.45, 2.75) is 6.61 Å². The molecule has 3 rings (SSSR count). The minimum absolute atomic E-state index is 0.0499. The monoisotopic (exact) mass is 340 g/mol. The van der Waals surface area contributed by atoms with Crippen LogP contribution in [0.5, 0.6) is 5.75 Å². The van der Waals surface area contributed by atoms with Gasteiger partial charge in [-0.3, -0.25) is 0 Å². The highest BCUT2D eigenvalue weighted by atomic mass is 19.2. The summed E-state index contributed by atoms with van der Waals surface area (Å²) in [7, 11) is 0. The van der Waals surface area contributed by atoms with Gasteiger partial charge in [-0.25, -0.2) is 13.6 Å². The van der Waals surface area contributed by atoms with Crippen molar-refractivity contribution in [3.63, 3.8) is 0 Å². The van der Waals surface area contributed by atoms with Crippen LogP contribution in [0.2, 0.25) is 0 Å². The zero-order valence-corrected chi connectivity index (χ0v) is 13.1. The maximum Gasteiger partial charge on any atom is 0.338 e. The molecule has 0 radical (unpaired) electrons. The Morgan fingerprint density at radius 2 is 1.52 bits per heavy atom. The third-order valence-corrected chi connectivity index (χ3v) is 3.73. The van der Waals surface area contributed by atoms with Crippen LogP contribution in [-0.4, -0.2) is 11.1 Å². The fourth-order valence-electron chi connectivity index (χ4n) is 2.47. The van der Waals surface area contributed by atoms with Gasteiger partial charge in [0.25, 0.3) is 0 Å². The Balaban J connectivity index is 1.96. The van der Waals surface area contributed by atoms with E-state index in [1.165, 1.54) is 6.07 Å². The van der Waals surface area contributed by atoms with E-state index in [4.69, 9.17) is 9.84 Å². The van der Waals surface area contributed by atoms with Crippen LogP contribution in [-0.2, 0) is 6.61 Å². The topological polar surface area (TPSA) is 46.5 Å². The smallest absolute Gasteiger partial charge is 0.338 e. The van der Waals surface area contributed by atoms with Crippen molar-refractivity contribution in [1.29, 1.82) is 0 Å². The molecular formula is C20H14F2O3. The summed E-state index contributed by atoms with van der Waals surface area (Å²) in [6.07, 6.45) is 0. The van der Waals surface area contributed by atoms with Crippen molar-refractivity contribution in [3.8, 4) is 16.9 Å². The van der Waals surface area contributed by atoms with Crippen molar-refractivity contribution in [1.82, 2.24) is 0 Å². The Bertz CT molecular complexity index is 908. The summed E-state index contributed by atoms with van der Waals surface area (Å²) in [6, 6.07) is 18.4. The maximum atomic E-state index is 14.4. The van der Waals surface area contributed by atoms with Crippen molar-refractivity contribution in [2.75, 3.05) is 0 Å². The van der Waals surface area contributed by atoms with E-state index < -0.39 is 23.2 Å². The first-order chi connectivity index (χ1) is 12.1. The molecule has 3 nitrogen and oxygen atoms in total. The highest BCUT2D eigenvalue weighted by Crippen LogP contribution is 2.33. The minimum atomic E-state index is -1.52. The number of carbonyl (C=O) groups is 1. The normalized spacial score (nSPS) is 10.5. The standard InChI is InChI=1S/C20H14F2O3/c21-18-15(10-11-16(19(18)22)20(23)24)14-8-4-5-9-17(14)25-12-13-6-2-1-3-7-13/h1-11H,12H2,(H,23,24). The first-order valence-corrected chi connectivity index (χ1v) is 7.55. The summed E-state index contributed by atoms with van der Waals surface area (Å²) in [4.78, 5) is 10.9. The van der Waals surface area contributed by atoms with Crippen LogP contribution in [0.4, 0.5) is 8.78 Å². The Hall–Kier alpha value is -3.21. The lowest BCUT2D eigenvalue weighted by Crippen LogP contribution is -2.04. The molecule has 0 fully saturated rings. The van der Waals surface area contributed by atoms with Gasteiger partial charge < -0.3 is 9.84 Å². The van der Waals surface area contributed by atoms with Crippen molar-refractivity contribution in [2.24, 2.45) is 0 Å².